The van der Waals surface area contributed by atoms with Gasteiger partial charge in [-0.3, -0.25) is 14.7 Å². The van der Waals surface area contributed by atoms with Crippen molar-refractivity contribution in [2.75, 3.05) is 30.9 Å². The van der Waals surface area contributed by atoms with E-state index < -0.39 is 11.6 Å². The van der Waals surface area contributed by atoms with Crippen LogP contribution in [0.4, 0.5) is 14.5 Å². The SMILES string of the molecule is O=C(c1ccc(NSc2cccc3cccnc23)c(F)c1)N1CCN(Cc2ccc(F)c(Cl)c2)CC1. The molecule has 0 aliphatic carbocycles. The van der Waals surface area contributed by atoms with Crippen molar-refractivity contribution in [1.29, 1.82) is 0 Å². The maximum Gasteiger partial charge on any atom is 0.254 e. The Morgan fingerprint density at radius 1 is 0.972 bits per heavy atom. The van der Waals surface area contributed by atoms with Crippen LogP contribution in [0.25, 0.3) is 10.9 Å². The fourth-order valence-corrected chi connectivity index (χ4v) is 5.19. The Labute approximate surface area is 217 Å². The highest BCUT2D eigenvalue weighted by molar-refractivity contribution is 8.00. The van der Waals surface area contributed by atoms with Crippen LogP contribution in [0.1, 0.15) is 15.9 Å². The normalized spacial score (nSPS) is 14.2. The van der Waals surface area contributed by atoms with E-state index in [0.717, 1.165) is 21.4 Å². The summed E-state index contributed by atoms with van der Waals surface area (Å²) in [6, 6.07) is 18.9. The van der Waals surface area contributed by atoms with Gasteiger partial charge in [-0.05, 0) is 60.0 Å². The molecule has 1 N–H and O–H groups in total. The second-order valence-electron chi connectivity index (χ2n) is 8.55. The zero-order valence-corrected chi connectivity index (χ0v) is 20.8. The summed E-state index contributed by atoms with van der Waals surface area (Å²) in [6.45, 7) is 3.01. The standard InChI is InChI=1S/C27H23ClF2N4OS/c28-21-15-18(6-8-22(21)29)17-33-11-13-34(14-12-33)27(35)20-7-9-24(23(30)16-20)32-36-25-5-1-3-19-4-2-10-31-26(19)25/h1-10,15-16,32H,11-14,17H2. The number of aromatic nitrogens is 1. The average molecular weight is 525 g/mol. The van der Waals surface area contributed by atoms with Crippen molar-refractivity contribution in [3.63, 3.8) is 0 Å². The molecule has 0 atom stereocenters. The minimum atomic E-state index is -0.492. The van der Waals surface area contributed by atoms with Crippen LogP contribution >= 0.6 is 23.5 Å². The number of para-hydroxylation sites is 1. The van der Waals surface area contributed by atoms with Gasteiger partial charge in [-0.25, -0.2) is 8.78 Å². The van der Waals surface area contributed by atoms with Crippen molar-refractivity contribution >= 4 is 46.0 Å². The fourth-order valence-electron chi connectivity index (χ4n) is 4.19. The summed E-state index contributed by atoms with van der Waals surface area (Å²) in [5, 5.41) is 1.11. The van der Waals surface area contributed by atoms with Gasteiger partial charge in [0.25, 0.3) is 5.91 Å². The van der Waals surface area contributed by atoms with Gasteiger partial charge in [0.15, 0.2) is 0 Å². The maximum absolute atomic E-state index is 14.9. The van der Waals surface area contributed by atoms with Crippen LogP contribution in [0.15, 0.2) is 77.8 Å². The van der Waals surface area contributed by atoms with E-state index in [-0.39, 0.29) is 10.9 Å². The van der Waals surface area contributed by atoms with Crippen molar-refractivity contribution < 1.29 is 13.6 Å². The van der Waals surface area contributed by atoms with Crippen LogP contribution in [0.5, 0.6) is 0 Å². The zero-order chi connectivity index (χ0) is 25.1. The number of amides is 1. The molecule has 9 heteroatoms. The van der Waals surface area contributed by atoms with Crippen molar-refractivity contribution in [3.8, 4) is 0 Å². The number of nitrogens with zero attached hydrogens (tertiary/aromatic N) is 3. The van der Waals surface area contributed by atoms with Crippen LogP contribution in [0.2, 0.25) is 5.02 Å². The number of halogens is 3. The van der Waals surface area contributed by atoms with E-state index in [0.29, 0.717) is 44.0 Å². The molecule has 0 unspecified atom stereocenters. The number of benzene rings is 3. The van der Waals surface area contributed by atoms with E-state index in [1.165, 1.54) is 24.1 Å². The minimum absolute atomic E-state index is 0.105. The first-order valence-electron chi connectivity index (χ1n) is 11.5. The van der Waals surface area contributed by atoms with Crippen molar-refractivity contribution in [2.45, 2.75) is 11.4 Å². The highest BCUT2D eigenvalue weighted by Gasteiger charge is 2.23. The monoisotopic (exact) mass is 524 g/mol. The number of rotatable bonds is 6. The summed E-state index contributed by atoms with van der Waals surface area (Å²) < 4.78 is 31.3. The number of nitrogens with one attached hydrogen (secondary N) is 1. The number of anilines is 1. The van der Waals surface area contributed by atoms with E-state index in [1.807, 2.05) is 30.3 Å². The number of fused-ring (bicyclic) bond motifs is 1. The number of carbonyl (C=O) groups excluding carboxylic acids is 1. The lowest BCUT2D eigenvalue weighted by Gasteiger charge is -2.34. The molecule has 1 aromatic heterocycles. The average Bonchev–Trinajstić information content (AvgIpc) is 2.90. The molecule has 4 aromatic rings. The second-order valence-corrected chi connectivity index (χ2v) is 9.80. The van der Waals surface area contributed by atoms with E-state index >= 15 is 0 Å². The van der Waals surface area contributed by atoms with Crippen LogP contribution in [0, 0.1) is 11.6 Å². The molecule has 1 amide bonds. The van der Waals surface area contributed by atoms with E-state index in [2.05, 4.69) is 14.6 Å². The molecule has 0 saturated carbocycles. The number of piperazine rings is 1. The summed E-state index contributed by atoms with van der Waals surface area (Å²) in [4.78, 5) is 22.2. The van der Waals surface area contributed by atoms with Crippen LogP contribution in [-0.2, 0) is 6.54 Å². The first-order chi connectivity index (χ1) is 17.5. The van der Waals surface area contributed by atoms with Crippen molar-refractivity contribution in [2.24, 2.45) is 0 Å². The van der Waals surface area contributed by atoms with Crippen LogP contribution in [-0.4, -0.2) is 46.9 Å². The third-order valence-corrected chi connectivity index (χ3v) is 7.29. The predicted molar refractivity (Wildman–Crippen MR) is 140 cm³/mol. The number of hydrogen-bond donors (Lipinski definition) is 1. The van der Waals surface area contributed by atoms with Gasteiger partial charge in [-0.1, -0.05) is 35.9 Å². The van der Waals surface area contributed by atoms with Crippen molar-refractivity contribution in [3.05, 3.63) is 101 Å². The van der Waals surface area contributed by atoms with Crippen molar-refractivity contribution in [1.82, 2.24) is 14.8 Å². The van der Waals surface area contributed by atoms with Gasteiger partial charge in [0.2, 0.25) is 0 Å². The highest BCUT2D eigenvalue weighted by atomic mass is 35.5. The molecule has 0 bridgehead atoms. The Balaban J connectivity index is 1.18. The van der Waals surface area contributed by atoms with Gasteiger partial charge < -0.3 is 9.62 Å². The molecule has 2 heterocycles. The Bertz CT molecular complexity index is 1410. The first kappa shape index (κ1) is 24.5. The number of hydrogen-bond acceptors (Lipinski definition) is 5. The molecule has 1 aliphatic heterocycles. The summed E-state index contributed by atoms with van der Waals surface area (Å²) >= 11 is 7.16. The van der Waals surface area contributed by atoms with Gasteiger partial charge in [0.05, 0.1) is 21.1 Å². The van der Waals surface area contributed by atoms with Gasteiger partial charge in [0.1, 0.15) is 11.6 Å². The number of carbonyl (C=O) groups is 1. The summed E-state index contributed by atoms with van der Waals surface area (Å²) in [6.07, 6.45) is 1.73. The molecule has 0 radical (unpaired) electrons. The Morgan fingerprint density at radius 2 is 1.78 bits per heavy atom. The molecule has 184 valence electrons. The lowest BCUT2D eigenvalue weighted by Crippen LogP contribution is -2.48. The van der Waals surface area contributed by atoms with Gasteiger partial charge in [-0.2, -0.15) is 0 Å². The van der Waals surface area contributed by atoms with Gasteiger partial charge in [-0.15, -0.1) is 0 Å². The summed E-state index contributed by atoms with van der Waals surface area (Å²) in [5.74, 6) is -1.13. The second kappa shape index (κ2) is 10.8. The molecular weight excluding hydrogens is 502 g/mol. The van der Waals surface area contributed by atoms with Crippen LogP contribution in [0.3, 0.4) is 0 Å². The third kappa shape index (κ3) is 5.46. The molecule has 0 spiro atoms. The molecule has 3 aromatic carbocycles. The highest BCUT2D eigenvalue weighted by Crippen LogP contribution is 2.29. The third-order valence-electron chi connectivity index (χ3n) is 6.13. The Kier molecular flexibility index (Phi) is 7.36. The largest absolute Gasteiger partial charge is 0.336 e. The van der Waals surface area contributed by atoms with E-state index in [1.54, 1.807) is 35.4 Å². The topological polar surface area (TPSA) is 48.5 Å². The number of pyridine rings is 1. The Hall–Kier alpha value is -3.20. The fraction of sp³-hybridized carbons (Fsp3) is 0.185. The molecule has 5 rings (SSSR count). The van der Waals surface area contributed by atoms with Gasteiger partial charge in [0, 0.05) is 49.9 Å². The lowest BCUT2D eigenvalue weighted by molar-refractivity contribution is 0.0628. The summed E-state index contributed by atoms with van der Waals surface area (Å²) in [7, 11) is 0. The smallest absolute Gasteiger partial charge is 0.254 e. The summed E-state index contributed by atoms with van der Waals surface area (Å²) in [5.41, 5.74) is 2.37. The quantitative estimate of drug-likeness (QED) is 0.302. The van der Waals surface area contributed by atoms with E-state index in [4.69, 9.17) is 11.6 Å². The molecular formula is C27H23ClF2N4OS. The molecule has 1 fully saturated rings. The minimum Gasteiger partial charge on any atom is -0.336 e. The first-order valence-corrected chi connectivity index (χ1v) is 12.7. The van der Waals surface area contributed by atoms with Crippen LogP contribution < -0.4 is 4.72 Å². The van der Waals surface area contributed by atoms with E-state index in [9.17, 15) is 13.6 Å². The molecule has 36 heavy (non-hydrogen) atoms. The van der Waals surface area contributed by atoms with Gasteiger partial charge >= 0.3 is 0 Å². The predicted octanol–water partition coefficient (Wildman–Crippen LogP) is 6.24. The molecule has 1 saturated heterocycles. The Morgan fingerprint density at radius 3 is 2.56 bits per heavy atom. The maximum atomic E-state index is 14.9. The lowest BCUT2D eigenvalue weighted by atomic mass is 10.1. The molecule has 5 nitrogen and oxygen atoms in total. The zero-order valence-electron chi connectivity index (χ0n) is 19.3. The molecule has 1 aliphatic rings.